The molecule has 15 heavy (non-hydrogen) atoms. The zero-order chi connectivity index (χ0) is 10.8. The van der Waals surface area contributed by atoms with E-state index in [9.17, 15) is 4.79 Å². The van der Waals surface area contributed by atoms with Gasteiger partial charge in [-0.15, -0.1) is 0 Å². The largest absolute Gasteiger partial charge is 0.475 e. The van der Waals surface area contributed by atoms with Crippen LogP contribution in [0.3, 0.4) is 0 Å². The van der Waals surface area contributed by atoms with Crippen LogP contribution in [0.2, 0.25) is 0 Å². The monoisotopic (exact) mass is 271 g/mol. The van der Waals surface area contributed by atoms with Crippen molar-refractivity contribution < 1.29 is 14.3 Å². The van der Waals surface area contributed by atoms with Crippen molar-refractivity contribution >= 4 is 27.8 Å². The molecule has 0 aliphatic carbocycles. The molecule has 0 atom stereocenters. The fraction of sp³-hybridized carbons (Fsp3) is 0.300. The second-order valence-corrected chi connectivity index (χ2v) is 4.13. The van der Waals surface area contributed by atoms with E-state index < -0.39 is 5.97 Å². The molecular weight excluding hydrogens is 262 g/mol. The molecule has 0 amide bonds. The molecule has 2 rings (SSSR count). The molecule has 0 saturated carbocycles. The number of anilines is 1. The van der Waals surface area contributed by atoms with Gasteiger partial charge in [-0.3, -0.25) is 0 Å². The molecule has 0 radical (unpaired) electrons. The van der Waals surface area contributed by atoms with Crippen LogP contribution in [0, 0.1) is 0 Å². The standard InChI is InChI=1S/C10H10BrNO3/c11-7-6-8(10(13)14)15-9(7)12-4-2-1-3-5-12/h1-2,6H,3-5H2,(H,13,14). The first-order valence-corrected chi connectivity index (χ1v) is 5.40. The van der Waals surface area contributed by atoms with E-state index in [1.807, 2.05) is 11.0 Å². The van der Waals surface area contributed by atoms with Crippen molar-refractivity contribution in [2.45, 2.75) is 6.42 Å². The maximum Gasteiger partial charge on any atom is 0.371 e. The minimum atomic E-state index is -1.05. The molecule has 1 aliphatic rings. The van der Waals surface area contributed by atoms with Crippen molar-refractivity contribution in [2.75, 3.05) is 18.0 Å². The van der Waals surface area contributed by atoms with Crippen LogP contribution in [-0.2, 0) is 0 Å². The second-order valence-electron chi connectivity index (χ2n) is 3.27. The van der Waals surface area contributed by atoms with Crippen LogP contribution in [0.15, 0.2) is 27.1 Å². The van der Waals surface area contributed by atoms with E-state index in [1.165, 1.54) is 6.07 Å². The van der Waals surface area contributed by atoms with Crippen LogP contribution in [0.1, 0.15) is 17.0 Å². The number of hydrogen-bond donors (Lipinski definition) is 1. The molecule has 1 aliphatic heterocycles. The second kappa shape index (κ2) is 4.10. The van der Waals surface area contributed by atoms with E-state index in [-0.39, 0.29) is 5.76 Å². The molecule has 0 aromatic carbocycles. The Bertz CT molecular complexity index is 411. The molecule has 0 saturated heterocycles. The molecule has 0 bridgehead atoms. The number of nitrogens with zero attached hydrogens (tertiary/aromatic N) is 1. The third-order valence-electron chi connectivity index (χ3n) is 2.22. The van der Waals surface area contributed by atoms with Gasteiger partial charge in [-0.2, -0.15) is 0 Å². The van der Waals surface area contributed by atoms with Crippen LogP contribution in [0.25, 0.3) is 0 Å². The van der Waals surface area contributed by atoms with Gasteiger partial charge in [0.1, 0.15) is 0 Å². The molecule has 5 heteroatoms. The van der Waals surface area contributed by atoms with Crippen molar-refractivity contribution in [1.82, 2.24) is 0 Å². The van der Waals surface area contributed by atoms with Gasteiger partial charge in [0.15, 0.2) is 0 Å². The Morgan fingerprint density at radius 2 is 2.33 bits per heavy atom. The summed E-state index contributed by atoms with van der Waals surface area (Å²) in [5, 5.41) is 8.77. The summed E-state index contributed by atoms with van der Waals surface area (Å²) in [5.41, 5.74) is 0. The molecule has 80 valence electrons. The smallest absolute Gasteiger partial charge is 0.371 e. The maximum absolute atomic E-state index is 10.7. The highest BCUT2D eigenvalue weighted by Crippen LogP contribution is 2.31. The number of hydrogen-bond acceptors (Lipinski definition) is 3. The van der Waals surface area contributed by atoms with Gasteiger partial charge in [0.2, 0.25) is 11.6 Å². The predicted octanol–water partition coefficient (Wildman–Crippen LogP) is 2.51. The lowest BCUT2D eigenvalue weighted by atomic mass is 10.2. The summed E-state index contributed by atoms with van der Waals surface area (Å²) in [6.07, 6.45) is 5.10. The van der Waals surface area contributed by atoms with E-state index >= 15 is 0 Å². The lowest BCUT2D eigenvalue weighted by molar-refractivity contribution is 0.0663. The third kappa shape index (κ3) is 2.07. The van der Waals surface area contributed by atoms with Gasteiger partial charge in [0, 0.05) is 19.2 Å². The Morgan fingerprint density at radius 1 is 1.53 bits per heavy atom. The van der Waals surface area contributed by atoms with Gasteiger partial charge in [-0.05, 0) is 22.4 Å². The maximum atomic E-state index is 10.7. The zero-order valence-corrected chi connectivity index (χ0v) is 9.53. The lowest BCUT2D eigenvalue weighted by Gasteiger charge is -2.22. The fourth-order valence-corrected chi connectivity index (χ4v) is 2.05. The van der Waals surface area contributed by atoms with Crippen LogP contribution in [-0.4, -0.2) is 24.2 Å². The highest BCUT2D eigenvalue weighted by molar-refractivity contribution is 9.10. The lowest BCUT2D eigenvalue weighted by Crippen LogP contribution is -2.26. The molecule has 1 aromatic rings. The van der Waals surface area contributed by atoms with Crippen molar-refractivity contribution in [3.63, 3.8) is 0 Å². The summed E-state index contributed by atoms with van der Waals surface area (Å²) in [5.74, 6) is -0.488. The van der Waals surface area contributed by atoms with Gasteiger partial charge in [0.25, 0.3) is 0 Å². The predicted molar refractivity (Wildman–Crippen MR) is 59.3 cm³/mol. The van der Waals surface area contributed by atoms with E-state index in [0.29, 0.717) is 10.4 Å². The fourth-order valence-electron chi connectivity index (χ4n) is 1.51. The average molecular weight is 272 g/mol. The summed E-state index contributed by atoms with van der Waals surface area (Å²) in [4.78, 5) is 12.7. The molecule has 1 N–H and O–H groups in total. The van der Waals surface area contributed by atoms with E-state index in [0.717, 1.165) is 19.5 Å². The molecule has 2 heterocycles. The normalized spacial score (nSPS) is 15.7. The third-order valence-corrected chi connectivity index (χ3v) is 2.79. The quantitative estimate of drug-likeness (QED) is 0.840. The Labute approximate surface area is 95.3 Å². The van der Waals surface area contributed by atoms with Gasteiger partial charge in [0.05, 0.1) is 4.47 Å². The Kier molecular flexibility index (Phi) is 2.81. The number of carboxylic acid groups (broad SMARTS) is 1. The minimum Gasteiger partial charge on any atom is -0.475 e. The summed E-state index contributed by atoms with van der Waals surface area (Å²) >= 11 is 3.30. The summed E-state index contributed by atoms with van der Waals surface area (Å²) in [6, 6.07) is 1.48. The van der Waals surface area contributed by atoms with Gasteiger partial charge >= 0.3 is 5.97 Å². The van der Waals surface area contributed by atoms with E-state index in [2.05, 4.69) is 22.0 Å². The average Bonchev–Trinajstić information content (AvgIpc) is 2.62. The minimum absolute atomic E-state index is 0.0357. The van der Waals surface area contributed by atoms with E-state index in [1.54, 1.807) is 0 Å². The SMILES string of the molecule is O=C(O)c1cc(Br)c(N2CC=CCC2)o1. The van der Waals surface area contributed by atoms with Crippen LogP contribution < -0.4 is 4.90 Å². The molecule has 0 spiro atoms. The molecule has 0 fully saturated rings. The van der Waals surface area contributed by atoms with Gasteiger partial charge in [-0.25, -0.2) is 4.79 Å². The number of carboxylic acids is 1. The van der Waals surface area contributed by atoms with E-state index in [4.69, 9.17) is 9.52 Å². The number of halogens is 1. The Hall–Kier alpha value is -1.23. The number of furan rings is 1. The summed E-state index contributed by atoms with van der Waals surface area (Å²) < 4.78 is 5.95. The molecule has 0 unspecified atom stereocenters. The first kappa shape index (κ1) is 10.3. The van der Waals surface area contributed by atoms with Crippen molar-refractivity contribution in [1.29, 1.82) is 0 Å². The molecule has 1 aromatic heterocycles. The highest BCUT2D eigenvalue weighted by atomic mass is 79.9. The first-order chi connectivity index (χ1) is 7.18. The van der Waals surface area contributed by atoms with Crippen LogP contribution in [0.4, 0.5) is 5.88 Å². The van der Waals surface area contributed by atoms with Gasteiger partial charge < -0.3 is 14.4 Å². The zero-order valence-electron chi connectivity index (χ0n) is 7.94. The van der Waals surface area contributed by atoms with Crippen molar-refractivity contribution in [2.24, 2.45) is 0 Å². The number of rotatable bonds is 2. The van der Waals surface area contributed by atoms with Crippen molar-refractivity contribution in [3.05, 3.63) is 28.5 Å². The number of aromatic carboxylic acids is 1. The van der Waals surface area contributed by atoms with Crippen LogP contribution >= 0.6 is 15.9 Å². The molecule has 4 nitrogen and oxygen atoms in total. The summed E-state index contributed by atoms with van der Waals surface area (Å²) in [7, 11) is 0. The highest BCUT2D eigenvalue weighted by Gasteiger charge is 2.19. The summed E-state index contributed by atoms with van der Waals surface area (Å²) in [6.45, 7) is 1.60. The number of carbonyl (C=O) groups is 1. The first-order valence-electron chi connectivity index (χ1n) is 4.61. The van der Waals surface area contributed by atoms with Gasteiger partial charge in [-0.1, -0.05) is 12.2 Å². The topological polar surface area (TPSA) is 53.7 Å². The molecular formula is C10H10BrNO3. The Balaban J connectivity index is 2.27. The Morgan fingerprint density at radius 3 is 2.87 bits per heavy atom. The van der Waals surface area contributed by atoms with Crippen molar-refractivity contribution in [3.8, 4) is 0 Å². The van der Waals surface area contributed by atoms with Crippen LogP contribution in [0.5, 0.6) is 0 Å².